The third-order valence-electron chi connectivity index (χ3n) is 5.53. The number of piperidine rings is 1. The quantitative estimate of drug-likeness (QED) is 0.912. The second-order valence-corrected chi connectivity index (χ2v) is 7.55. The molecule has 0 spiro atoms. The van der Waals surface area contributed by atoms with E-state index in [1.165, 1.54) is 37.1 Å². The molecule has 5 heteroatoms. The van der Waals surface area contributed by atoms with E-state index in [-0.39, 0.29) is 23.5 Å². The van der Waals surface area contributed by atoms with Crippen molar-refractivity contribution in [3.8, 4) is 0 Å². The Morgan fingerprint density at radius 1 is 1.08 bits per heavy atom. The predicted molar refractivity (Wildman–Crippen MR) is 94.6 cm³/mol. The number of benzene rings is 1. The zero-order valence-corrected chi connectivity index (χ0v) is 14.8. The highest BCUT2D eigenvalue weighted by atomic mass is 19.1. The van der Waals surface area contributed by atoms with E-state index < -0.39 is 0 Å². The first-order chi connectivity index (χ1) is 12.0. The summed E-state index contributed by atoms with van der Waals surface area (Å²) in [6, 6.07) is 5.95. The molecule has 1 saturated carbocycles. The molecule has 1 aliphatic heterocycles. The molecule has 2 atom stereocenters. The number of carbonyl (C=O) groups excluding carboxylic acids is 2. The minimum Gasteiger partial charge on any atom is -0.353 e. The predicted octanol–water partition coefficient (Wildman–Crippen LogP) is 3.37. The van der Waals surface area contributed by atoms with Crippen LogP contribution in [0.15, 0.2) is 24.3 Å². The van der Waals surface area contributed by atoms with Gasteiger partial charge in [0, 0.05) is 30.6 Å². The molecular weight excluding hydrogens is 319 g/mol. The molecule has 2 aliphatic rings. The van der Waals surface area contributed by atoms with Crippen LogP contribution in [0, 0.1) is 17.7 Å². The van der Waals surface area contributed by atoms with E-state index >= 15 is 0 Å². The fourth-order valence-corrected chi connectivity index (χ4v) is 4.00. The maximum absolute atomic E-state index is 13.0. The minimum absolute atomic E-state index is 0.00509. The normalized spacial score (nSPS) is 24.8. The van der Waals surface area contributed by atoms with Gasteiger partial charge in [0.05, 0.1) is 0 Å². The van der Waals surface area contributed by atoms with Crippen molar-refractivity contribution in [2.75, 3.05) is 13.1 Å². The molecule has 0 bridgehead atoms. The molecule has 1 heterocycles. The minimum atomic E-state index is -0.344. The van der Waals surface area contributed by atoms with Crippen LogP contribution in [0.3, 0.4) is 0 Å². The third kappa shape index (κ3) is 4.59. The number of hydrogen-bond donors (Lipinski definition) is 1. The number of rotatable bonds is 3. The van der Waals surface area contributed by atoms with Crippen LogP contribution in [-0.2, 0) is 4.79 Å². The number of amides is 2. The lowest BCUT2D eigenvalue weighted by molar-refractivity contribution is -0.127. The SMILES string of the molecule is CC1CCCC(NC(=O)C2CCN(C(=O)c3ccc(F)cc3)CC2)C1. The van der Waals surface area contributed by atoms with Crippen molar-refractivity contribution in [3.05, 3.63) is 35.6 Å². The monoisotopic (exact) mass is 346 g/mol. The van der Waals surface area contributed by atoms with Gasteiger partial charge in [0.25, 0.3) is 5.91 Å². The molecule has 1 aliphatic carbocycles. The van der Waals surface area contributed by atoms with Crippen LogP contribution >= 0.6 is 0 Å². The van der Waals surface area contributed by atoms with Crippen LogP contribution in [0.25, 0.3) is 0 Å². The molecule has 0 aromatic heterocycles. The van der Waals surface area contributed by atoms with Gasteiger partial charge in [-0.2, -0.15) is 0 Å². The van der Waals surface area contributed by atoms with Crippen LogP contribution in [0.2, 0.25) is 0 Å². The number of nitrogens with one attached hydrogen (secondary N) is 1. The van der Waals surface area contributed by atoms with Gasteiger partial charge in [0.15, 0.2) is 0 Å². The van der Waals surface area contributed by atoms with Gasteiger partial charge >= 0.3 is 0 Å². The van der Waals surface area contributed by atoms with E-state index in [0.717, 1.165) is 12.8 Å². The molecule has 25 heavy (non-hydrogen) atoms. The largest absolute Gasteiger partial charge is 0.353 e. The average Bonchev–Trinajstić information content (AvgIpc) is 2.62. The fourth-order valence-electron chi connectivity index (χ4n) is 4.00. The summed E-state index contributed by atoms with van der Waals surface area (Å²) in [5.74, 6) is 0.403. The summed E-state index contributed by atoms with van der Waals surface area (Å²) in [5.41, 5.74) is 0.500. The highest BCUT2D eigenvalue weighted by molar-refractivity contribution is 5.94. The number of likely N-dealkylation sites (tertiary alicyclic amines) is 1. The highest BCUT2D eigenvalue weighted by Crippen LogP contribution is 2.25. The Labute approximate surface area is 148 Å². The van der Waals surface area contributed by atoms with Crippen molar-refractivity contribution < 1.29 is 14.0 Å². The van der Waals surface area contributed by atoms with Gasteiger partial charge in [-0.3, -0.25) is 9.59 Å². The number of hydrogen-bond acceptors (Lipinski definition) is 2. The van der Waals surface area contributed by atoms with Gasteiger partial charge in [0.1, 0.15) is 5.82 Å². The lowest BCUT2D eigenvalue weighted by Crippen LogP contribution is -2.46. The first kappa shape index (κ1) is 17.9. The highest BCUT2D eigenvalue weighted by Gasteiger charge is 2.29. The van der Waals surface area contributed by atoms with Crippen LogP contribution in [-0.4, -0.2) is 35.8 Å². The van der Waals surface area contributed by atoms with Crippen molar-refractivity contribution in [1.29, 1.82) is 0 Å². The average molecular weight is 346 g/mol. The molecule has 2 amide bonds. The molecule has 1 aromatic carbocycles. The Kier molecular flexibility index (Phi) is 5.71. The lowest BCUT2D eigenvalue weighted by Gasteiger charge is -2.33. The Hall–Kier alpha value is -1.91. The summed E-state index contributed by atoms with van der Waals surface area (Å²) in [5, 5.41) is 3.22. The molecule has 0 radical (unpaired) electrons. The summed E-state index contributed by atoms with van der Waals surface area (Å²) >= 11 is 0. The molecule has 1 saturated heterocycles. The Morgan fingerprint density at radius 2 is 1.76 bits per heavy atom. The van der Waals surface area contributed by atoms with Crippen molar-refractivity contribution in [3.63, 3.8) is 0 Å². The molecule has 3 rings (SSSR count). The van der Waals surface area contributed by atoms with E-state index in [4.69, 9.17) is 0 Å². The van der Waals surface area contributed by atoms with Crippen LogP contribution in [0.5, 0.6) is 0 Å². The van der Waals surface area contributed by atoms with Crippen molar-refractivity contribution in [1.82, 2.24) is 10.2 Å². The standard InChI is InChI=1S/C20H27FN2O2/c1-14-3-2-4-18(13-14)22-19(24)15-9-11-23(12-10-15)20(25)16-5-7-17(21)8-6-16/h5-8,14-15,18H,2-4,9-13H2,1H3,(H,22,24). The van der Waals surface area contributed by atoms with Gasteiger partial charge in [-0.25, -0.2) is 4.39 Å². The first-order valence-electron chi connectivity index (χ1n) is 9.38. The molecule has 2 unspecified atom stereocenters. The van der Waals surface area contributed by atoms with Crippen molar-refractivity contribution in [2.24, 2.45) is 11.8 Å². The van der Waals surface area contributed by atoms with Crippen LogP contribution in [0.4, 0.5) is 4.39 Å². The summed E-state index contributed by atoms with van der Waals surface area (Å²) in [7, 11) is 0. The summed E-state index contributed by atoms with van der Waals surface area (Å²) in [4.78, 5) is 26.7. The van der Waals surface area contributed by atoms with E-state index in [1.807, 2.05) is 0 Å². The second kappa shape index (κ2) is 7.98. The van der Waals surface area contributed by atoms with E-state index in [9.17, 15) is 14.0 Å². The van der Waals surface area contributed by atoms with E-state index in [1.54, 1.807) is 4.90 Å². The van der Waals surface area contributed by atoms with Gasteiger partial charge in [0.2, 0.25) is 5.91 Å². The number of halogens is 1. The molecular formula is C20H27FN2O2. The van der Waals surface area contributed by atoms with E-state index in [2.05, 4.69) is 12.2 Å². The number of nitrogens with zero attached hydrogens (tertiary/aromatic N) is 1. The zero-order chi connectivity index (χ0) is 17.8. The maximum atomic E-state index is 13.0. The number of carbonyl (C=O) groups is 2. The van der Waals surface area contributed by atoms with E-state index in [0.29, 0.717) is 43.5 Å². The zero-order valence-electron chi connectivity index (χ0n) is 14.8. The fraction of sp³-hybridized carbons (Fsp3) is 0.600. The van der Waals surface area contributed by atoms with Crippen LogP contribution < -0.4 is 5.32 Å². The second-order valence-electron chi connectivity index (χ2n) is 7.55. The van der Waals surface area contributed by atoms with Crippen LogP contribution in [0.1, 0.15) is 55.8 Å². The van der Waals surface area contributed by atoms with Crippen molar-refractivity contribution >= 4 is 11.8 Å². The van der Waals surface area contributed by atoms with Gasteiger partial charge < -0.3 is 10.2 Å². The van der Waals surface area contributed by atoms with Gasteiger partial charge in [-0.05, 0) is 55.9 Å². The van der Waals surface area contributed by atoms with Gasteiger partial charge in [-0.1, -0.05) is 19.8 Å². The first-order valence-corrected chi connectivity index (χ1v) is 9.38. The summed E-state index contributed by atoms with van der Waals surface area (Å²) in [6.07, 6.45) is 6.00. The van der Waals surface area contributed by atoms with Gasteiger partial charge in [-0.15, -0.1) is 0 Å². The maximum Gasteiger partial charge on any atom is 0.253 e. The Bertz CT molecular complexity index is 609. The molecule has 1 aromatic rings. The molecule has 4 nitrogen and oxygen atoms in total. The third-order valence-corrected chi connectivity index (χ3v) is 5.53. The lowest BCUT2D eigenvalue weighted by atomic mass is 9.86. The Morgan fingerprint density at radius 3 is 2.40 bits per heavy atom. The molecule has 1 N–H and O–H groups in total. The molecule has 2 fully saturated rings. The summed E-state index contributed by atoms with van der Waals surface area (Å²) < 4.78 is 13.0. The summed E-state index contributed by atoms with van der Waals surface area (Å²) in [6.45, 7) is 3.41. The van der Waals surface area contributed by atoms with Crippen molar-refractivity contribution in [2.45, 2.75) is 51.5 Å². The smallest absolute Gasteiger partial charge is 0.253 e. The topological polar surface area (TPSA) is 49.4 Å². The Balaban J connectivity index is 1.48. The molecule has 136 valence electrons.